The fourth-order valence-corrected chi connectivity index (χ4v) is 4.90. The lowest BCUT2D eigenvalue weighted by molar-refractivity contribution is -0.120. The van der Waals surface area contributed by atoms with Crippen LogP contribution in [0, 0.1) is 5.92 Å². The third-order valence-corrected chi connectivity index (χ3v) is 6.46. The first-order valence-corrected chi connectivity index (χ1v) is 10.5. The van der Waals surface area contributed by atoms with Crippen LogP contribution >= 0.6 is 0 Å². The maximum atomic E-state index is 11.4. The molecule has 0 saturated carbocycles. The number of anilines is 1. The Kier molecular flexibility index (Phi) is 4.47. The number of allylic oxidation sites excluding steroid dienone is 3. The van der Waals surface area contributed by atoms with E-state index in [1.807, 2.05) is 6.08 Å². The molecule has 1 unspecified atom stereocenters. The van der Waals surface area contributed by atoms with Crippen LogP contribution in [-0.4, -0.2) is 30.1 Å². The number of nitrogens with one attached hydrogen (secondary N) is 1. The second-order valence-electron chi connectivity index (χ2n) is 8.22. The molecule has 0 bridgehead atoms. The molecule has 1 atom stereocenters. The monoisotopic (exact) mass is 376 g/mol. The Labute approximate surface area is 165 Å². The largest absolute Gasteiger partial charge is 0.372 e. The van der Waals surface area contributed by atoms with Crippen molar-refractivity contribution in [1.82, 2.24) is 9.88 Å². The highest BCUT2D eigenvalue weighted by atomic mass is 16.1. The summed E-state index contributed by atoms with van der Waals surface area (Å²) in [5.74, 6) is -0.401. The first-order chi connectivity index (χ1) is 13.7. The summed E-state index contributed by atoms with van der Waals surface area (Å²) < 4.78 is 2.49. The number of hydrogen-bond donors (Lipinski definition) is 2. The van der Waals surface area contributed by atoms with E-state index in [4.69, 9.17) is 5.73 Å². The van der Waals surface area contributed by atoms with Gasteiger partial charge in [-0.15, -0.1) is 0 Å². The molecule has 1 aliphatic carbocycles. The van der Waals surface area contributed by atoms with E-state index < -0.39 is 0 Å². The summed E-state index contributed by atoms with van der Waals surface area (Å²) in [4.78, 5) is 13.9. The number of amides is 1. The first kappa shape index (κ1) is 17.6. The Hall–Kier alpha value is -2.53. The summed E-state index contributed by atoms with van der Waals surface area (Å²) in [7, 11) is 0. The lowest BCUT2D eigenvalue weighted by atomic mass is 9.96. The van der Waals surface area contributed by atoms with Crippen molar-refractivity contribution in [3.8, 4) is 0 Å². The van der Waals surface area contributed by atoms with Crippen molar-refractivity contribution in [1.29, 1.82) is 0 Å². The molecular formula is C23H28N4O. The van der Waals surface area contributed by atoms with Gasteiger partial charge in [-0.1, -0.05) is 18.2 Å². The summed E-state index contributed by atoms with van der Waals surface area (Å²) >= 11 is 0. The first-order valence-electron chi connectivity index (χ1n) is 10.5. The highest BCUT2D eigenvalue weighted by molar-refractivity contribution is 5.89. The quantitative estimate of drug-likeness (QED) is 0.862. The Balaban J connectivity index is 1.51. The van der Waals surface area contributed by atoms with Crippen molar-refractivity contribution >= 4 is 22.5 Å². The number of benzene rings is 1. The molecule has 5 heteroatoms. The Morgan fingerprint density at radius 1 is 1.25 bits per heavy atom. The van der Waals surface area contributed by atoms with Crippen LogP contribution in [0.15, 0.2) is 42.0 Å². The van der Waals surface area contributed by atoms with E-state index in [2.05, 4.69) is 45.1 Å². The molecule has 2 aromatic rings. The van der Waals surface area contributed by atoms with Crippen LogP contribution in [0.4, 0.5) is 5.69 Å². The Bertz CT molecular complexity index is 978. The van der Waals surface area contributed by atoms with Crippen molar-refractivity contribution in [2.24, 2.45) is 11.7 Å². The van der Waals surface area contributed by atoms with Crippen molar-refractivity contribution in [2.45, 2.75) is 38.8 Å². The van der Waals surface area contributed by atoms with E-state index in [0.29, 0.717) is 6.42 Å². The van der Waals surface area contributed by atoms with Gasteiger partial charge in [0, 0.05) is 61.4 Å². The fourth-order valence-electron chi connectivity index (χ4n) is 4.90. The number of carbonyl (C=O) groups excluding carboxylic acids is 1. The Morgan fingerprint density at radius 2 is 2.11 bits per heavy atom. The van der Waals surface area contributed by atoms with Crippen LogP contribution in [0.5, 0.6) is 0 Å². The molecule has 3 heterocycles. The van der Waals surface area contributed by atoms with Crippen LogP contribution in [0.2, 0.25) is 0 Å². The summed E-state index contributed by atoms with van der Waals surface area (Å²) in [5, 5.41) is 4.94. The molecule has 1 fully saturated rings. The van der Waals surface area contributed by atoms with Crippen LogP contribution in [0.1, 0.15) is 30.5 Å². The topological polar surface area (TPSA) is 63.3 Å². The van der Waals surface area contributed by atoms with Gasteiger partial charge in [-0.05, 0) is 48.6 Å². The molecule has 1 aromatic heterocycles. The highest BCUT2D eigenvalue weighted by Gasteiger charge is 2.22. The van der Waals surface area contributed by atoms with E-state index >= 15 is 0 Å². The van der Waals surface area contributed by atoms with Gasteiger partial charge < -0.3 is 20.5 Å². The average molecular weight is 377 g/mol. The predicted molar refractivity (Wildman–Crippen MR) is 113 cm³/mol. The van der Waals surface area contributed by atoms with Gasteiger partial charge in [0.25, 0.3) is 0 Å². The van der Waals surface area contributed by atoms with Gasteiger partial charge in [0.05, 0.1) is 5.92 Å². The van der Waals surface area contributed by atoms with Gasteiger partial charge in [-0.25, -0.2) is 0 Å². The smallest absolute Gasteiger partial charge is 0.224 e. The van der Waals surface area contributed by atoms with Gasteiger partial charge in [0.15, 0.2) is 0 Å². The van der Waals surface area contributed by atoms with Gasteiger partial charge in [0.2, 0.25) is 5.91 Å². The molecule has 2 aliphatic heterocycles. The van der Waals surface area contributed by atoms with Crippen molar-refractivity contribution in [3.63, 3.8) is 0 Å². The normalized spacial score (nSPS) is 21.8. The lowest BCUT2D eigenvalue weighted by Gasteiger charge is -2.19. The molecule has 0 radical (unpaired) electrons. The molecule has 1 saturated heterocycles. The molecule has 5 nitrogen and oxygen atoms in total. The van der Waals surface area contributed by atoms with Crippen molar-refractivity contribution < 1.29 is 4.79 Å². The third-order valence-electron chi connectivity index (χ3n) is 6.46. The number of primary amides is 1. The van der Waals surface area contributed by atoms with Crippen molar-refractivity contribution in [3.05, 3.63) is 53.3 Å². The number of aromatic nitrogens is 1. The highest BCUT2D eigenvalue weighted by Crippen LogP contribution is 2.34. The fraction of sp³-hybridized carbons (Fsp3) is 0.435. The minimum atomic E-state index is -0.240. The molecule has 3 N–H and O–H groups in total. The molecule has 1 amide bonds. The molecule has 3 aliphatic rings. The van der Waals surface area contributed by atoms with E-state index in [-0.39, 0.29) is 11.8 Å². The number of hydrogen-bond acceptors (Lipinski definition) is 3. The lowest BCUT2D eigenvalue weighted by Crippen LogP contribution is -2.25. The summed E-state index contributed by atoms with van der Waals surface area (Å²) in [6.07, 6.45) is 10.6. The van der Waals surface area contributed by atoms with Crippen LogP contribution in [0.3, 0.4) is 0 Å². The summed E-state index contributed by atoms with van der Waals surface area (Å²) in [6.45, 7) is 5.18. The molecule has 28 heavy (non-hydrogen) atoms. The van der Waals surface area contributed by atoms with Crippen LogP contribution in [0.25, 0.3) is 10.9 Å². The van der Waals surface area contributed by atoms with E-state index in [0.717, 1.165) is 26.1 Å². The zero-order valence-corrected chi connectivity index (χ0v) is 16.3. The van der Waals surface area contributed by atoms with E-state index in [1.165, 1.54) is 59.4 Å². The average Bonchev–Trinajstić information content (AvgIpc) is 3.36. The zero-order chi connectivity index (χ0) is 19.1. The minimum Gasteiger partial charge on any atom is -0.372 e. The van der Waals surface area contributed by atoms with E-state index in [1.54, 1.807) is 0 Å². The summed E-state index contributed by atoms with van der Waals surface area (Å²) in [6, 6.07) is 7.00. The number of rotatable bonds is 4. The molecule has 5 rings (SSSR count). The maximum absolute atomic E-state index is 11.4. The van der Waals surface area contributed by atoms with Gasteiger partial charge in [-0.3, -0.25) is 4.79 Å². The van der Waals surface area contributed by atoms with Gasteiger partial charge >= 0.3 is 0 Å². The van der Waals surface area contributed by atoms with E-state index in [9.17, 15) is 4.79 Å². The zero-order valence-electron chi connectivity index (χ0n) is 16.3. The van der Waals surface area contributed by atoms with Crippen LogP contribution < -0.4 is 16.0 Å². The number of fused-ring (bicyclic) bond motifs is 3. The minimum absolute atomic E-state index is 0.161. The molecule has 0 spiro atoms. The standard InChI is InChI=1S/C23H28N4O/c24-23(28)17-5-3-16(4-6-17)15-27-21-8-7-18(26-11-1-2-12-26)13-19(21)20-14-25-10-9-22(20)27/h3-5,7-8,13,17,25H,1-2,6,9-12,14-15H2,(H2,24,28). The predicted octanol–water partition coefficient (Wildman–Crippen LogP) is 2.88. The number of nitrogens with two attached hydrogens (primary N) is 1. The SMILES string of the molecule is NC(=O)C1C=CC(Cn2c3c(c4cc(N5CCCC5)ccc42)CNCC3)=CC1. The Morgan fingerprint density at radius 3 is 2.86 bits per heavy atom. The molecule has 1 aromatic carbocycles. The van der Waals surface area contributed by atoms with Crippen LogP contribution in [-0.2, 0) is 24.3 Å². The summed E-state index contributed by atoms with van der Waals surface area (Å²) in [5.41, 5.74) is 12.3. The number of carbonyl (C=O) groups is 1. The van der Waals surface area contributed by atoms with Crippen molar-refractivity contribution in [2.75, 3.05) is 24.5 Å². The second kappa shape index (κ2) is 7.13. The van der Waals surface area contributed by atoms with Gasteiger partial charge in [-0.2, -0.15) is 0 Å². The third kappa shape index (κ3) is 3.04. The molecular weight excluding hydrogens is 348 g/mol. The number of nitrogens with zero attached hydrogens (tertiary/aromatic N) is 2. The maximum Gasteiger partial charge on any atom is 0.224 e. The van der Waals surface area contributed by atoms with Gasteiger partial charge in [0.1, 0.15) is 0 Å². The second-order valence-corrected chi connectivity index (χ2v) is 8.22. The molecule has 146 valence electrons.